The molecule has 3 unspecified atom stereocenters. The highest BCUT2D eigenvalue weighted by atomic mass is 32.1. The van der Waals surface area contributed by atoms with Crippen LogP contribution in [0.2, 0.25) is 0 Å². The first-order chi connectivity index (χ1) is 5.97. The summed E-state index contributed by atoms with van der Waals surface area (Å²) < 4.78 is 0. The summed E-state index contributed by atoms with van der Waals surface area (Å²) in [5.74, 6) is 2.50. The molecule has 0 rings (SSSR count). The maximum Gasteiger partial charge on any atom is 0.00168 e. The summed E-state index contributed by atoms with van der Waals surface area (Å²) in [7, 11) is 0. The molecule has 0 amide bonds. The molecular weight excluding hydrogens is 176 g/mol. The molecule has 0 aliphatic rings. The van der Waals surface area contributed by atoms with Gasteiger partial charge in [-0.1, -0.05) is 34.6 Å². The second kappa shape index (κ2) is 6.75. The summed E-state index contributed by atoms with van der Waals surface area (Å²) in [5.41, 5.74) is 0. The molecule has 0 saturated heterocycles. The minimum Gasteiger partial charge on any atom is -0.176 e. The summed E-state index contributed by atoms with van der Waals surface area (Å²) in [6, 6.07) is 0. The van der Waals surface area contributed by atoms with E-state index in [1.54, 1.807) is 0 Å². The minimum absolute atomic E-state index is 0.601. The molecule has 0 heterocycles. The van der Waals surface area contributed by atoms with Crippen molar-refractivity contribution in [3.63, 3.8) is 0 Å². The fourth-order valence-corrected chi connectivity index (χ4v) is 2.14. The topological polar surface area (TPSA) is 0 Å². The Kier molecular flexibility index (Phi) is 6.93. The first-order valence-corrected chi connectivity index (χ1v) is 6.17. The third-order valence-corrected chi connectivity index (χ3v) is 3.51. The molecule has 13 heavy (non-hydrogen) atoms. The van der Waals surface area contributed by atoms with Gasteiger partial charge >= 0.3 is 0 Å². The molecule has 0 fully saturated rings. The normalized spacial score (nSPS) is 18.7. The molecule has 0 N–H and O–H groups in total. The van der Waals surface area contributed by atoms with Crippen molar-refractivity contribution in [2.24, 2.45) is 17.8 Å². The van der Waals surface area contributed by atoms with Crippen molar-refractivity contribution < 1.29 is 0 Å². The van der Waals surface area contributed by atoms with E-state index in [9.17, 15) is 0 Å². The van der Waals surface area contributed by atoms with E-state index in [-0.39, 0.29) is 0 Å². The zero-order chi connectivity index (χ0) is 10.4. The van der Waals surface area contributed by atoms with Crippen molar-refractivity contribution in [1.29, 1.82) is 0 Å². The first kappa shape index (κ1) is 13.4. The summed E-state index contributed by atoms with van der Waals surface area (Å²) in [6.45, 7) is 11.6. The number of thiol groups is 1. The number of rotatable bonds is 6. The molecule has 0 aromatic carbocycles. The Morgan fingerprint density at radius 1 is 0.923 bits per heavy atom. The third kappa shape index (κ3) is 6.42. The van der Waals surface area contributed by atoms with Gasteiger partial charge < -0.3 is 0 Å². The maximum atomic E-state index is 4.55. The van der Waals surface area contributed by atoms with Crippen molar-refractivity contribution >= 4 is 12.6 Å². The Balaban J connectivity index is 3.74. The second-order valence-corrected chi connectivity index (χ2v) is 5.61. The van der Waals surface area contributed by atoms with Gasteiger partial charge in [-0.2, -0.15) is 12.6 Å². The monoisotopic (exact) mass is 202 g/mol. The molecule has 80 valence electrons. The lowest BCUT2D eigenvalue weighted by Crippen LogP contribution is -2.14. The lowest BCUT2D eigenvalue weighted by atomic mass is 9.85. The van der Waals surface area contributed by atoms with Crippen LogP contribution in [0.25, 0.3) is 0 Å². The lowest BCUT2D eigenvalue weighted by Gasteiger charge is -2.23. The molecular formula is C12H26S. The van der Waals surface area contributed by atoms with E-state index in [1.165, 1.54) is 19.3 Å². The van der Waals surface area contributed by atoms with E-state index in [2.05, 4.69) is 47.2 Å². The molecule has 0 spiro atoms. The number of hydrogen-bond acceptors (Lipinski definition) is 1. The van der Waals surface area contributed by atoms with Crippen LogP contribution in [0.15, 0.2) is 0 Å². The molecule has 1 heteroatoms. The van der Waals surface area contributed by atoms with Crippen LogP contribution in [0.4, 0.5) is 0 Å². The van der Waals surface area contributed by atoms with Gasteiger partial charge in [-0.25, -0.2) is 0 Å². The van der Waals surface area contributed by atoms with Gasteiger partial charge in [-0.05, 0) is 37.0 Å². The molecule has 0 aromatic rings. The Labute approximate surface area is 89.9 Å². The fourth-order valence-electron chi connectivity index (χ4n) is 1.80. The quantitative estimate of drug-likeness (QED) is 0.606. The van der Waals surface area contributed by atoms with Gasteiger partial charge in [0.1, 0.15) is 0 Å². The van der Waals surface area contributed by atoms with Gasteiger partial charge in [0.2, 0.25) is 0 Å². The Morgan fingerprint density at radius 3 is 1.77 bits per heavy atom. The highest BCUT2D eigenvalue weighted by molar-refractivity contribution is 7.80. The lowest BCUT2D eigenvalue weighted by molar-refractivity contribution is 0.306. The predicted octanol–water partition coefficient (Wildman–Crippen LogP) is 4.40. The van der Waals surface area contributed by atoms with Crippen LogP contribution in [0, 0.1) is 17.8 Å². The van der Waals surface area contributed by atoms with E-state index in [0.29, 0.717) is 5.25 Å². The number of hydrogen-bond donors (Lipinski definition) is 1. The molecule has 0 aliphatic heterocycles. The van der Waals surface area contributed by atoms with E-state index in [4.69, 9.17) is 0 Å². The fraction of sp³-hybridized carbons (Fsp3) is 1.00. The highest BCUT2D eigenvalue weighted by Crippen LogP contribution is 2.25. The summed E-state index contributed by atoms with van der Waals surface area (Å²) in [4.78, 5) is 0. The first-order valence-electron chi connectivity index (χ1n) is 5.65. The molecule has 0 radical (unpaired) electrons. The smallest absolute Gasteiger partial charge is 0.00168 e. The predicted molar refractivity (Wildman–Crippen MR) is 65.5 cm³/mol. The van der Waals surface area contributed by atoms with E-state index in [1.807, 2.05) is 0 Å². The average Bonchev–Trinajstić information content (AvgIpc) is 2.02. The van der Waals surface area contributed by atoms with Gasteiger partial charge in [-0.3, -0.25) is 0 Å². The van der Waals surface area contributed by atoms with Gasteiger partial charge in [-0.15, -0.1) is 0 Å². The van der Waals surface area contributed by atoms with E-state index in [0.717, 1.165) is 17.8 Å². The third-order valence-electron chi connectivity index (χ3n) is 2.93. The molecule has 0 bridgehead atoms. The molecule has 0 nitrogen and oxygen atoms in total. The molecule has 0 aliphatic carbocycles. The Bertz CT molecular complexity index is 120. The zero-order valence-electron chi connectivity index (χ0n) is 9.88. The van der Waals surface area contributed by atoms with Crippen LogP contribution in [-0.2, 0) is 0 Å². The van der Waals surface area contributed by atoms with Gasteiger partial charge in [0.15, 0.2) is 0 Å². The Morgan fingerprint density at radius 2 is 1.38 bits per heavy atom. The van der Waals surface area contributed by atoms with E-state index >= 15 is 0 Å². The Hall–Kier alpha value is 0.350. The minimum atomic E-state index is 0.601. The average molecular weight is 202 g/mol. The van der Waals surface area contributed by atoms with Crippen molar-refractivity contribution in [3.8, 4) is 0 Å². The highest BCUT2D eigenvalue weighted by Gasteiger charge is 2.15. The van der Waals surface area contributed by atoms with Crippen LogP contribution >= 0.6 is 12.6 Å². The largest absolute Gasteiger partial charge is 0.176 e. The van der Waals surface area contributed by atoms with Crippen molar-refractivity contribution in [1.82, 2.24) is 0 Å². The van der Waals surface area contributed by atoms with Crippen LogP contribution < -0.4 is 0 Å². The van der Waals surface area contributed by atoms with E-state index < -0.39 is 0 Å². The van der Waals surface area contributed by atoms with Gasteiger partial charge in [0.25, 0.3) is 0 Å². The summed E-state index contributed by atoms with van der Waals surface area (Å²) in [5, 5.41) is 0.601. The maximum absolute atomic E-state index is 4.55. The van der Waals surface area contributed by atoms with Crippen LogP contribution in [0.5, 0.6) is 0 Å². The van der Waals surface area contributed by atoms with Crippen molar-refractivity contribution in [2.45, 2.75) is 59.1 Å². The second-order valence-electron chi connectivity index (χ2n) is 4.88. The van der Waals surface area contributed by atoms with Gasteiger partial charge in [0.05, 0.1) is 0 Å². The molecule has 0 aromatic heterocycles. The summed E-state index contributed by atoms with van der Waals surface area (Å²) >= 11 is 4.55. The molecule has 0 saturated carbocycles. The van der Waals surface area contributed by atoms with Gasteiger partial charge in [0, 0.05) is 5.25 Å². The summed E-state index contributed by atoms with van der Waals surface area (Å²) in [6.07, 6.45) is 3.82. The standard InChI is InChI=1S/C12H26S/c1-6-12(13)8-11(5)10(4)7-9(2)3/h9-13H,6-8H2,1-5H3. The van der Waals surface area contributed by atoms with Crippen LogP contribution in [0.3, 0.4) is 0 Å². The zero-order valence-corrected chi connectivity index (χ0v) is 10.8. The van der Waals surface area contributed by atoms with Crippen molar-refractivity contribution in [3.05, 3.63) is 0 Å². The SMILES string of the molecule is CCC(S)CC(C)C(C)CC(C)C. The van der Waals surface area contributed by atoms with Crippen molar-refractivity contribution in [2.75, 3.05) is 0 Å². The van der Waals surface area contributed by atoms with Crippen LogP contribution in [0.1, 0.15) is 53.9 Å². The van der Waals surface area contributed by atoms with Crippen LogP contribution in [-0.4, -0.2) is 5.25 Å². The molecule has 3 atom stereocenters.